The molecule has 2 aromatic rings. The normalized spacial score (nSPS) is 14.7. The standard InChI is InChI=1S/C24H28Cl2N2O2/c1-13-14(2)16(4)22(17(5)15(13)3)23(29)18-8-10-28(11-9-18)24(30)27-21-7-6-19(25)12-20(21)26/h6-7,12,18H,8-11H2,1-5H3,(H,27,30). The largest absolute Gasteiger partial charge is 0.324 e. The molecule has 1 saturated heterocycles. The first kappa shape index (κ1) is 22.6. The number of nitrogens with zero attached hydrogens (tertiary/aromatic N) is 1. The van der Waals surface area contributed by atoms with Crippen molar-refractivity contribution in [3.63, 3.8) is 0 Å². The molecule has 6 heteroatoms. The maximum atomic E-state index is 13.4. The van der Waals surface area contributed by atoms with Crippen molar-refractivity contribution in [1.82, 2.24) is 4.90 Å². The maximum Gasteiger partial charge on any atom is 0.321 e. The fourth-order valence-corrected chi connectivity index (χ4v) is 4.66. The maximum absolute atomic E-state index is 13.4. The fraction of sp³-hybridized carbons (Fsp3) is 0.417. The lowest BCUT2D eigenvalue weighted by atomic mass is 9.81. The highest BCUT2D eigenvalue weighted by molar-refractivity contribution is 6.36. The van der Waals surface area contributed by atoms with Crippen LogP contribution in [0.2, 0.25) is 10.0 Å². The number of nitrogens with one attached hydrogen (secondary N) is 1. The first-order valence-corrected chi connectivity index (χ1v) is 11.0. The Balaban J connectivity index is 1.68. The summed E-state index contributed by atoms with van der Waals surface area (Å²) in [5.41, 5.74) is 7.20. The molecule has 0 bridgehead atoms. The summed E-state index contributed by atoms with van der Waals surface area (Å²) in [7, 11) is 0. The number of anilines is 1. The van der Waals surface area contributed by atoms with Crippen molar-refractivity contribution < 1.29 is 9.59 Å². The summed E-state index contributed by atoms with van der Waals surface area (Å²) in [5, 5.41) is 3.75. The van der Waals surface area contributed by atoms with Crippen molar-refractivity contribution in [3.05, 3.63) is 61.6 Å². The number of amides is 2. The van der Waals surface area contributed by atoms with Crippen LogP contribution in [0.15, 0.2) is 18.2 Å². The zero-order valence-corrected chi connectivity index (χ0v) is 19.7. The smallest absolute Gasteiger partial charge is 0.321 e. The third-order valence-electron chi connectivity index (χ3n) is 6.57. The van der Waals surface area contributed by atoms with Gasteiger partial charge in [-0.25, -0.2) is 4.79 Å². The Morgan fingerprint density at radius 1 is 0.900 bits per heavy atom. The first-order valence-electron chi connectivity index (χ1n) is 10.2. The van der Waals surface area contributed by atoms with E-state index in [4.69, 9.17) is 23.2 Å². The van der Waals surface area contributed by atoms with Crippen molar-refractivity contribution >= 4 is 40.7 Å². The van der Waals surface area contributed by atoms with E-state index in [9.17, 15) is 9.59 Å². The summed E-state index contributed by atoms with van der Waals surface area (Å²) in [6, 6.07) is 4.76. The Kier molecular flexibility index (Phi) is 6.78. The number of hydrogen-bond donors (Lipinski definition) is 1. The lowest BCUT2D eigenvalue weighted by Crippen LogP contribution is -2.42. The van der Waals surface area contributed by atoms with Crippen molar-refractivity contribution in [1.29, 1.82) is 0 Å². The van der Waals surface area contributed by atoms with Gasteiger partial charge in [-0.15, -0.1) is 0 Å². The number of Topliss-reactive ketones (excluding diaryl/α,β-unsaturated/α-hetero) is 1. The predicted molar refractivity (Wildman–Crippen MR) is 124 cm³/mol. The molecule has 0 saturated carbocycles. The van der Waals surface area contributed by atoms with E-state index in [1.165, 1.54) is 16.7 Å². The summed E-state index contributed by atoms with van der Waals surface area (Å²) >= 11 is 12.1. The Morgan fingerprint density at radius 3 is 1.97 bits per heavy atom. The Bertz CT molecular complexity index is 980. The van der Waals surface area contributed by atoms with Gasteiger partial charge in [0.05, 0.1) is 10.7 Å². The van der Waals surface area contributed by atoms with Crippen LogP contribution in [0.1, 0.15) is 51.0 Å². The molecule has 160 valence electrons. The van der Waals surface area contributed by atoms with Gasteiger partial charge >= 0.3 is 6.03 Å². The van der Waals surface area contributed by atoms with Crippen LogP contribution in [0.3, 0.4) is 0 Å². The van der Waals surface area contributed by atoms with Crippen molar-refractivity contribution in [2.45, 2.75) is 47.5 Å². The molecule has 0 radical (unpaired) electrons. The molecule has 1 N–H and O–H groups in total. The summed E-state index contributed by atoms with van der Waals surface area (Å²) in [5.74, 6) is 0.143. The van der Waals surface area contributed by atoms with Crippen molar-refractivity contribution in [2.75, 3.05) is 18.4 Å². The molecule has 2 amide bonds. The fourth-order valence-electron chi connectivity index (χ4n) is 4.20. The lowest BCUT2D eigenvalue weighted by molar-refractivity contribution is 0.0857. The molecule has 1 heterocycles. The molecular weight excluding hydrogens is 419 g/mol. The summed E-state index contributed by atoms with van der Waals surface area (Å²) in [6.07, 6.45) is 1.32. The van der Waals surface area contributed by atoms with Crippen molar-refractivity contribution in [2.24, 2.45) is 5.92 Å². The number of ketones is 1. The zero-order valence-electron chi connectivity index (χ0n) is 18.2. The van der Waals surface area contributed by atoms with Gasteiger partial charge in [-0.3, -0.25) is 4.79 Å². The number of urea groups is 1. The first-order chi connectivity index (χ1) is 14.1. The van der Waals surface area contributed by atoms with E-state index < -0.39 is 0 Å². The molecule has 0 unspecified atom stereocenters. The average Bonchev–Trinajstić information content (AvgIpc) is 2.73. The van der Waals surface area contributed by atoms with E-state index in [0.717, 1.165) is 16.7 Å². The molecular formula is C24H28Cl2N2O2. The monoisotopic (exact) mass is 446 g/mol. The van der Waals surface area contributed by atoms with E-state index in [2.05, 4.69) is 26.1 Å². The molecule has 0 aliphatic carbocycles. The molecule has 1 aliphatic heterocycles. The molecule has 30 heavy (non-hydrogen) atoms. The lowest BCUT2D eigenvalue weighted by Gasteiger charge is -2.32. The topological polar surface area (TPSA) is 49.4 Å². The van der Waals surface area contributed by atoms with Crippen LogP contribution < -0.4 is 5.32 Å². The highest BCUT2D eigenvalue weighted by Crippen LogP contribution is 2.31. The third-order valence-corrected chi connectivity index (χ3v) is 7.12. The van der Waals surface area contributed by atoms with Gasteiger partial charge in [0.1, 0.15) is 0 Å². The highest BCUT2D eigenvalue weighted by atomic mass is 35.5. The van der Waals surface area contributed by atoms with Crippen LogP contribution in [-0.2, 0) is 0 Å². The second kappa shape index (κ2) is 8.99. The van der Waals surface area contributed by atoms with E-state index >= 15 is 0 Å². The third kappa shape index (κ3) is 4.35. The van der Waals surface area contributed by atoms with Crippen LogP contribution in [-0.4, -0.2) is 29.8 Å². The van der Waals surface area contributed by atoms with E-state index in [1.807, 2.05) is 13.8 Å². The number of carbonyl (C=O) groups is 2. The molecule has 3 rings (SSSR count). The molecule has 1 fully saturated rings. The number of halogens is 2. The second-order valence-electron chi connectivity index (χ2n) is 8.18. The van der Waals surface area contributed by atoms with Crippen LogP contribution in [0, 0.1) is 40.5 Å². The average molecular weight is 447 g/mol. The summed E-state index contributed by atoms with van der Waals surface area (Å²) in [4.78, 5) is 27.7. The number of benzene rings is 2. The molecule has 1 aliphatic rings. The number of rotatable bonds is 3. The predicted octanol–water partition coefficient (Wildman–Crippen LogP) is 6.66. The van der Waals surface area contributed by atoms with Crippen LogP contribution >= 0.6 is 23.2 Å². The Hall–Kier alpha value is -2.04. The van der Waals surface area contributed by atoms with Gasteiger partial charge in [0, 0.05) is 29.6 Å². The van der Waals surface area contributed by atoms with E-state index in [-0.39, 0.29) is 17.7 Å². The quantitative estimate of drug-likeness (QED) is 0.535. The molecule has 4 nitrogen and oxygen atoms in total. The van der Waals surface area contributed by atoms with Gasteiger partial charge < -0.3 is 10.2 Å². The minimum Gasteiger partial charge on any atom is -0.324 e. The zero-order chi connectivity index (χ0) is 22.2. The molecule has 0 atom stereocenters. The minimum atomic E-state index is -0.209. The van der Waals surface area contributed by atoms with Crippen LogP contribution in [0.25, 0.3) is 0 Å². The molecule has 0 aromatic heterocycles. The second-order valence-corrected chi connectivity index (χ2v) is 9.02. The highest BCUT2D eigenvalue weighted by Gasteiger charge is 2.30. The van der Waals surface area contributed by atoms with Crippen molar-refractivity contribution in [3.8, 4) is 0 Å². The molecule has 2 aromatic carbocycles. The van der Waals surface area contributed by atoms with Gasteiger partial charge in [0.2, 0.25) is 0 Å². The summed E-state index contributed by atoms with van der Waals surface area (Å²) in [6.45, 7) is 11.4. The SMILES string of the molecule is Cc1c(C)c(C)c(C(=O)C2CCN(C(=O)Nc3ccc(Cl)cc3Cl)CC2)c(C)c1C. The molecule has 0 spiro atoms. The van der Waals surface area contributed by atoms with E-state index in [1.54, 1.807) is 23.1 Å². The number of likely N-dealkylation sites (tertiary alicyclic amines) is 1. The van der Waals surface area contributed by atoms with Crippen LogP contribution in [0.5, 0.6) is 0 Å². The number of hydrogen-bond acceptors (Lipinski definition) is 2. The Morgan fingerprint density at radius 2 is 1.43 bits per heavy atom. The number of piperidine rings is 1. The van der Waals surface area contributed by atoms with Gasteiger partial charge in [-0.05, 0) is 93.5 Å². The van der Waals surface area contributed by atoms with Gasteiger partial charge in [0.25, 0.3) is 0 Å². The number of carbonyl (C=O) groups excluding carboxylic acids is 2. The van der Waals surface area contributed by atoms with E-state index in [0.29, 0.717) is 41.7 Å². The minimum absolute atomic E-state index is 0.0629. The van der Waals surface area contributed by atoms with Gasteiger partial charge in [0.15, 0.2) is 5.78 Å². The Labute approximate surface area is 188 Å². The van der Waals surface area contributed by atoms with Gasteiger partial charge in [-0.1, -0.05) is 23.2 Å². The van der Waals surface area contributed by atoms with Gasteiger partial charge in [-0.2, -0.15) is 0 Å². The summed E-state index contributed by atoms with van der Waals surface area (Å²) < 4.78 is 0. The van der Waals surface area contributed by atoms with Crippen LogP contribution in [0.4, 0.5) is 10.5 Å².